The Morgan fingerprint density at radius 3 is 2.44 bits per heavy atom. The van der Waals surface area contributed by atoms with E-state index in [2.05, 4.69) is 0 Å². The number of phenols is 1. The molecule has 0 radical (unpaired) electrons. The number of phenolic OH excluding ortho intramolecular Hbond substituents is 1. The van der Waals surface area contributed by atoms with Crippen LogP contribution in [0, 0.1) is 10.1 Å². The van der Waals surface area contributed by atoms with E-state index in [4.69, 9.17) is 5.11 Å². The van der Waals surface area contributed by atoms with E-state index in [9.17, 15) is 10.1 Å². The van der Waals surface area contributed by atoms with Crippen LogP contribution in [0.25, 0.3) is 0 Å². The monoisotopic (exact) mass is 261 g/mol. The minimum absolute atomic E-state index is 0.142. The van der Waals surface area contributed by atoms with E-state index in [1.165, 1.54) is 17.8 Å². The number of nitro groups is 1. The molecule has 2 aromatic carbocycles. The maximum atomic E-state index is 10.8. The lowest BCUT2D eigenvalue weighted by Gasteiger charge is -2.03. The number of hydrogen-bond donors (Lipinski definition) is 1. The van der Waals surface area contributed by atoms with Gasteiger partial charge in [-0.15, -0.1) is 11.8 Å². The molecule has 0 amide bonds. The largest absolute Gasteiger partial charge is 0.508 e. The van der Waals surface area contributed by atoms with Gasteiger partial charge in [0.15, 0.2) is 0 Å². The molecular weight excluding hydrogens is 250 g/mol. The smallest absolute Gasteiger partial charge is 0.273 e. The maximum absolute atomic E-state index is 10.8. The molecule has 0 spiro atoms. The fourth-order valence-corrected chi connectivity index (χ4v) is 2.41. The molecular formula is C13H11NO3S. The highest BCUT2D eigenvalue weighted by Crippen LogP contribution is 2.28. The molecule has 4 nitrogen and oxygen atoms in total. The Morgan fingerprint density at radius 2 is 1.78 bits per heavy atom. The van der Waals surface area contributed by atoms with Crippen LogP contribution in [0.1, 0.15) is 5.56 Å². The van der Waals surface area contributed by atoms with Crippen LogP contribution in [0.3, 0.4) is 0 Å². The number of hydrogen-bond acceptors (Lipinski definition) is 4. The molecule has 0 aliphatic heterocycles. The van der Waals surface area contributed by atoms with Crippen molar-refractivity contribution in [3.8, 4) is 5.75 Å². The van der Waals surface area contributed by atoms with Crippen molar-refractivity contribution in [2.75, 3.05) is 0 Å². The zero-order valence-corrected chi connectivity index (χ0v) is 10.3. The molecule has 2 aromatic rings. The first-order valence-corrected chi connectivity index (χ1v) is 6.29. The summed E-state index contributed by atoms with van der Waals surface area (Å²) in [6.45, 7) is 0. The van der Waals surface area contributed by atoms with Crippen molar-refractivity contribution in [3.05, 3.63) is 64.2 Å². The fraction of sp³-hybridized carbons (Fsp3) is 0.0769. The summed E-state index contributed by atoms with van der Waals surface area (Å²) in [6, 6.07) is 13.5. The van der Waals surface area contributed by atoms with Crippen LogP contribution < -0.4 is 0 Å². The summed E-state index contributed by atoms with van der Waals surface area (Å²) in [5.74, 6) is 0.743. The Bertz CT molecular complexity index is 554. The molecule has 0 aliphatic rings. The minimum Gasteiger partial charge on any atom is -0.508 e. The van der Waals surface area contributed by atoms with Gasteiger partial charge in [0.1, 0.15) is 5.75 Å². The van der Waals surface area contributed by atoms with E-state index < -0.39 is 0 Å². The topological polar surface area (TPSA) is 63.4 Å². The number of para-hydroxylation sites is 1. The van der Waals surface area contributed by atoms with Crippen LogP contribution in [0.15, 0.2) is 53.4 Å². The van der Waals surface area contributed by atoms with E-state index in [1.54, 1.807) is 42.5 Å². The van der Waals surface area contributed by atoms with Gasteiger partial charge >= 0.3 is 0 Å². The predicted molar refractivity (Wildman–Crippen MR) is 70.8 cm³/mol. The van der Waals surface area contributed by atoms with Crippen LogP contribution in [-0.4, -0.2) is 10.0 Å². The van der Waals surface area contributed by atoms with Gasteiger partial charge in [0.05, 0.1) is 4.92 Å². The van der Waals surface area contributed by atoms with Gasteiger partial charge in [0.2, 0.25) is 0 Å². The average Bonchev–Trinajstić information content (AvgIpc) is 2.38. The zero-order chi connectivity index (χ0) is 13.0. The van der Waals surface area contributed by atoms with Crippen LogP contribution in [0.4, 0.5) is 5.69 Å². The molecule has 0 atom stereocenters. The van der Waals surface area contributed by atoms with Gasteiger partial charge in [0, 0.05) is 22.3 Å². The molecule has 2 rings (SSSR count). The van der Waals surface area contributed by atoms with Gasteiger partial charge in [0.25, 0.3) is 5.69 Å². The molecule has 0 saturated heterocycles. The molecule has 0 fully saturated rings. The maximum Gasteiger partial charge on any atom is 0.273 e. The summed E-state index contributed by atoms with van der Waals surface area (Å²) in [4.78, 5) is 11.4. The minimum atomic E-state index is -0.368. The molecule has 0 unspecified atom stereocenters. The summed E-state index contributed by atoms with van der Waals surface area (Å²) in [5.41, 5.74) is 0.837. The number of nitro benzene ring substituents is 1. The Morgan fingerprint density at radius 1 is 1.11 bits per heavy atom. The first-order valence-electron chi connectivity index (χ1n) is 5.31. The second-order valence-electron chi connectivity index (χ2n) is 3.67. The lowest BCUT2D eigenvalue weighted by atomic mass is 10.2. The number of thioether (sulfide) groups is 1. The number of aromatic hydroxyl groups is 1. The van der Waals surface area contributed by atoms with Crippen molar-refractivity contribution in [2.45, 2.75) is 10.6 Å². The van der Waals surface area contributed by atoms with Crippen molar-refractivity contribution in [2.24, 2.45) is 0 Å². The second kappa shape index (κ2) is 5.55. The first kappa shape index (κ1) is 12.4. The van der Waals surface area contributed by atoms with Crippen LogP contribution in [0.2, 0.25) is 0 Å². The van der Waals surface area contributed by atoms with Gasteiger partial charge in [-0.05, 0) is 24.3 Å². The van der Waals surface area contributed by atoms with Gasteiger partial charge in [-0.3, -0.25) is 10.1 Å². The van der Waals surface area contributed by atoms with E-state index in [1.807, 2.05) is 0 Å². The third-order valence-electron chi connectivity index (χ3n) is 2.42. The van der Waals surface area contributed by atoms with Gasteiger partial charge < -0.3 is 5.11 Å². The molecule has 0 bridgehead atoms. The third-order valence-corrected chi connectivity index (χ3v) is 3.48. The standard InChI is InChI=1S/C13H11NO3S/c15-11-5-7-12(8-6-11)18-9-10-3-1-2-4-13(10)14(16)17/h1-8,15H,9H2. The highest BCUT2D eigenvalue weighted by molar-refractivity contribution is 7.98. The van der Waals surface area contributed by atoms with Gasteiger partial charge in [-0.25, -0.2) is 0 Å². The number of rotatable bonds is 4. The van der Waals surface area contributed by atoms with Gasteiger partial charge in [-0.2, -0.15) is 0 Å². The number of benzene rings is 2. The Balaban J connectivity index is 2.10. The summed E-state index contributed by atoms with van der Waals surface area (Å²) in [7, 11) is 0. The normalized spacial score (nSPS) is 10.2. The zero-order valence-electron chi connectivity index (χ0n) is 9.45. The molecule has 92 valence electrons. The lowest BCUT2D eigenvalue weighted by molar-refractivity contribution is -0.385. The average molecular weight is 261 g/mol. The van der Waals surface area contributed by atoms with Gasteiger partial charge in [-0.1, -0.05) is 18.2 Å². The molecule has 18 heavy (non-hydrogen) atoms. The third kappa shape index (κ3) is 3.01. The summed E-state index contributed by atoms with van der Waals surface area (Å²) < 4.78 is 0. The van der Waals surface area contributed by atoms with E-state index in [0.29, 0.717) is 11.3 Å². The summed E-state index contributed by atoms with van der Waals surface area (Å²) in [5, 5.41) is 20.0. The molecule has 0 aromatic heterocycles. The Hall–Kier alpha value is -2.01. The summed E-state index contributed by atoms with van der Waals surface area (Å²) in [6.07, 6.45) is 0. The molecule has 0 saturated carbocycles. The van der Waals surface area contributed by atoms with Crippen LogP contribution >= 0.6 is 11.8 Å². The highest BCUT2D eigenvalue weighted by atomic mass is 32.2. The summed E-state index contributed by atoms with van der Waals surface area (Å²) >= 11 is 1.50. The Labute approximate surface area is 108 Å². The fourth-order valence-electron chi connectivity index (χ4n) is 1.51. The molecule has 0 heterocycles. The second-order valence-corrected chi connectivity index (χ2v) is 4.72. The van der Waals surface area contributed by atoms with E-state index in [0.717, 1.165) is 4.90 Å². The first-order chi connectivity index (χ1) is 8.66. The van der Waals surface area contributed by atoms with Crippen molar-refractivity contribution in [1.29, 1.82) is 0 Å². The molecule has 0 aliphatic carbocycles. The van der Waals surface area contributed by atoms with E-state index >= 15 is 0 Å². The number of nitrogens with zero attached hydrogens (tertiary/aromatic N) is 1. The van der Waals surface area contributed by atoms with Crippen molar-refractivity contribution < 1.29 is 10.0 Å². The van der Waals surface area contributed by atoms with Crippen molar-refractivity contribution in [1.82, 2.24) is 0 Å². The predicted octanol–water partition coefficient (Wildman–Crippen LogP) is 3.59. The molecule has 5 heteroatoms. The van der Waals surface area contributed by atoms with Crippen molar-refractivity contribution >= 4 is 17.4 Å². The SMILES string of the molecule is O=[N+]([O-])c1ccccc1CSc1ccc(O)cc1. The molecule has 1 N–H and O–H groups in total. The Kier molecular flexibility index (Phi) is 3.84. The van der Waals surface area contributed by atoms with Crippen LogP contribution in [0.5, 0.6) is 5.75 Å². The lowest BCUT2D eigenvalue weighted by Crippen LogP contribution is -1.93. The van der Waals surface area contributed by atoms with Crippen LogP contribution in [-0.2, 0) is 5.75 Å². The van der Waals surface area contributed by atoms with Crippen molar-refractivity contribution in [3.63, 3.8) is 0 Å². The highest BCUT2D eigenvalue weighted by Gasteiger charge is 2.11. The van der Waals surface area contributed by atoms with E-state index in [-0.39, 0.29) is 16.4 Å². The quantitative estimate of drug-likeness (QED) is 0.519.